The third-order valence-corrected chi connectivity index (χ3v) is 4.06. The average Bonchev–Trinajstić information content (AvgIpc) is 2.49. The lowest BCUT2D eigenvalue weighted by Gasteiger charge is -2.27. The minimum absolute atomic E-state index is 0.333. The standard InChI is InChI=1S/C21H29NO/c1-17(2)14-22(15-20-12-8-7-9-18(20)3)16-21(23)13-19-10-5-4-6-11-19/h4-12,17,21,23H,13-16H2,1-3H3/t21-/m1/s1. The Morgan fingerprint density at radius 3 is 2.22 bits per heavy atom. The minimum atomic E-state index is -0.333. The summed E-state index contributed by atoms with van der Waals surface area (Å²) in [6, 6.07) is 18.7. The van der Waals surface area contributed by atoms with Crippen LogP contribution in [0.3, 0.4) is 0 Å². The van der Waals surface area contributed by atoms with Gasteiger partial charge >= 0.3 is 0 Å². The molecule has 0 bridgehead atoms. The highest BCUT2D eigenvalue weighted by molar-refractivity contribution is 5.25. The topological polar surface area (TPSA) is 23.5 Å². The summed E-state index contributed by atoms with van der Waals surface area (Å²) in [5.41, 5.74) is 3.86. The maximum absolute atomic E-state index is 10.5. The van der Waals surface area contributed by atoms with Crippen LogP contribution >= 0.6 is 0 Å². The fourth-order valence-corrected chi connectivity index (χ4v) is 3.00. The van der Waals surface area contributed by atoms with Crippen molar-refractivity contribution in [1.82, 2.24) is 4.90 Å². The molecule has 124 valence electrons. The zero-order chi connectivity index (χ0) is 16.7. The highest BCUT2D eigenvalue weighted by atomic mass is 16.3. The zero-order valence-corrected chi connectivity index (χ0v) is 14.6. The number of rotatable bonds is 8. The minimum Gasteiger partial charge on any atom is -0.391 e. The summed E-state index contributed by atoms with van der Waals surface area (Å²) in [6.07, 6.45) is 0.378. The van der Waals surface area contributed by atoms with Gasteiger partial charge in [0.15, 0.2) is 0 Å². The van der Waals surface area contributed by atoms with Crippen LogP contribution in [0.25, 0.3) is 0 Å². The molecule has 0 aliphatic carbocycles. The van der Waals surface area contributed by atoms with E-state index in [1.54, 1.807) is 0 Å². The lowest BCUT2D eigenvalue weighted by atomic mass is 10.0. The Hall–Kier alpha value is -1.64. The van der Waals surface area contributed by atoms with Gasteiger partial charge in [-0.1, -0.05) is 68.4 Å². The van der Waals surface area contributed by atoms with Crippen molar-refractivity contribution in [3.05, 3.63) is 71.3 Å². The molecule has 23 heavy (non-hydrogen) atoms. The van der Waals surface area contributed by atoms with Gasteiger partial charge in [-0.25, -0.2) is 0 Å². The number of hydrogen-bond donors (Lipinski definition) is 1. The smallest absolute Gasteiger partial charge is 0.0707 e. The van der Waals surface area contributed by atoms with Crippen LogP contribution in [-0.4, -0.2) is 29.2 Å². The van der Waals surface area contributed by atoms with E-state index in [4.69, 9.17) is 0 Å². The predicted octanol–water partition coefficient (Wildman–Crippen LogP) is 4.06. The largest absolute Gasteiger partial charge is 0.391 e. The van der Waals surface area contributed by atoms with Crippen LogP contribution in [0.15, 0.2) is 54.6 Å². The monoisotopic (exact) mass is 311 g/mol. The first-order chi connectivity index (χ1) is 11.0. The summed E-state index contributed by atoms with van der Waals surface area (Å²) in [5, 5.41) is 10.5. The van der Waals surface area contributed by atoms with Crippen LogP contribution in [0.2, 0.25) is 0 Å². The summed E-state index contributed by atoms with van der Waals surface area (Å²) < 4.78 is 0. The van der Waals surface area contributed by atoms with Crippen LogP contribution in [0.4, 0.5) is 0 Å². The molecule has 0 amide bonds. The van der Waals surface area contributed by atoms with Crippen molar-refractivity contribution in [3.8, 4) is 0 Å². The highest BCUT2D eigenvalue weighted by Crippen LogP contribution is 2.13. The Kier molecular flexibility index (Phi) is 6.82. The molecule has 2 aromatic rings. The fourth-order valence-electron chi connectivity index (χ4n) is 3.00. The molecule has 1 atom stereocenters. The first-order valence-corrected chi connectivity index (χ1v) is 8.53. The van der Waals surface area contributed by atoms with Crippen molar-refractivity contribution in [3.63, 3.8) is 0 Å². The van der Waals surface area contributed by atoms with Gasteiger partial charge in [0.2, 0.25) is 0 Å². The van der Waals surface area contributed by atoms with Gasteiger partial charge in [0.1, 0.15) is 0 Å². The summed E-state index contributed by atoms with van der Waals surface area (Å²) in [5.74, 6) is 0.586. The molecule has 0 aromatic heterocycles. The second kappa shape index (κ2) is 8.85. The summed E-state index contributed by atoms with van der Waals surface area (Å²) in [6.45, 7) is 9.23. The summed E-state index contributed by atoms with van der Waals surface area (Å²) in [4.78, 5) is 2.38. The van der Waals surface area contributed by atoms with Crippen molar-refractivity contribution < 1.29 is 5.11 Å². The molecule has 0 saturated heterocycles. The summed E-state index contributed by atoms with van der Waals surface area (Å²) >= 11 is 0. The van der Waals surface area contributed by atoms with Gasteiger partial charge < -0.3 is 5.11 Å². The van der Waals surface area contributed by atoms with E-state index in [1.165, 1.54) is 16.7 Å². The normalized spacial score (nSPS) is 12.8. The van der Waals surface area contributed by atoms with Gasteiger partial charge in [0.05, 0.1) is 6.10 Å². The van der Waals surface area contributed by atoms with Gasteiger partial charge in [-0.05, 0) is 36.0 Å². The average molecular weight is 311 g/mol. The van der Waals surface area contributed by atoms with E-state index < -0.39 is 0 Å². The van der Waals surface area contributed by atoms with Crippen LogP contribution in [0, 0.1) is 12.8 Å². The molecular weight excluding hydrogens is 282 g/mol. The first kappa shape index (κ1) is 17.7. The van der Waals surface area contributed by atoms with E-state index in [2.05, 4.69) is 62.1 Å². The Labute approximate surface area is 140 Å². The molecule has 2 aromatic carbocycles. The van der Waals surface area contributed by atoms with Crippen molar-refractivity contribution in [2.45, 2.75) is 39.8 Å². The van der Waals surface area contributed by atoms with Crippen LogP contribution < -0.4 is 0 Å². The molecule has 2 heteroatoms. The maximum atomic E-state index is 10.5. The molecule has 0 saturated carbocycles. The van der Waals surface area contributed by atoms with Gasteiger partial charge in [-0.2, -0.15) is 0 Å². The molecule has 0 fully saturated rings. The number of nitrogens with zero attached hydrogens (tertiary/aromatic N) is 1. The number of aliphatic hydroxyl groups excluding tert-OH is 1. The maximum Gasteiger partial charge on any atom is 0.0707 e. The van der Waals surface area contributed by atoms with Crippen molar-refractivity contribution >= 4 is 0 Å². The van der Waals surface area contributed by atoms with E-state index >= 15 is 0 Å². The Bertz CT molecular complexity index is 579. The molecule has 0 aliphatic heterocycles. The van der Waals surface area contributed by atoms with Crippen molar-refractivity contribution in [1.29, 1.82) is 0 Å². The SMILES string of the molecule is Cc1ccccc1CN(CC(C)C)C[C@H](O)Cc1ccccc1. The lowest BCUT2D eigenvalue weighted by molar-refractivity contribution is 0.101. The lowest BCUT2D eigenvalue weighted by Crippen LogP contribution is -2.35. The molecule has 0 heterocycles. The van der Waals surface area contributed by atoms with Gasteiger partial charge in [0, 0.05) is 19.6 Å². The Morgan fingerprint density at radius 1 is 0.913 bits per heavy atom. The fraction of sp³-hybridized carbons (Fsp3) is 0.429. The molecule has 0 spiro atoms. The van der Waals surface area contributed by atoms with Crippen LogP contribution in [0.1, 0.15) is 30.5 Å². The number of aryl methyl sites for hydroxylation is 1. The van der Waals surface area contributed by atoms with Crippen LogP contribution in [0.5, 0.6) is 0 Å². The van der Waals surface area contributed by atoms with E-state index in [-0.39, 0.29) is 6.10 Å². The summed E-state index contributed by atoms with van der Waals surface area (Å²) in [7, 11) is 0. The second-order valence-electron chi connectivity index (χ2n) is 6.86. The first-order valence-electron chi connectivity index (χ1n) is 8.53. The third-order valence-electron chi connectivity index (χ3n) is 4.06. The Balaban J connectivity index is 1.99. The van der Waals surface area contributed by atoms with Crippen molar-refractivity contribution in [2.75, 3.05) is 13.1 Å². The number of hydrogen-bond acceptors (Lipinski definition) is 2. The van der Waals surface area contributed by atoms with Gasteiger partial charge in [-0.3, -0.25) is 4.90 Å². The number of aliphatic hydroxyl groups is 1. The molecule has 0 aliphatic rings. The van der Waals surface area contributed by atoms with Gasteiger partial charge in [-0.15, -0.1) is 0 Å². The van der Waals surface area contributed by atoms with Gasteiger partial charge in [0.25, 0.3) is 0 Å². The van der Waals surface area contributed by atoms with Crippen molar-refractivity contribution in [2.24, 2.45) is 5.92 Å². The molecule has 2 nitrogen and oxygen atoms in total. The molecular formula is C21H29NO. The molecule has 2 rings (SSSR count). The van der Waals surface area contributed by atoms with E-state index in [0.717, 1.165) is 13.1 Å². The molecule has 0 radical (unpaired) electrons. The third kappa shape index (κ3) is 6.17. The predicted molar refractivity (Wildman–Crippen MR) is 97.4 cm³/mol. The van der Waals surface area contributed by atoms with E-state index in [0.29, 0.717) is 18.9 Å². The Morgan fingerprint density at radius 2 is 1.57 bits per heavy atom. The zero-order valence-electron chi connectivity index (χ0n) is 14.6. The quantitative estimate of drug-likeness (QED) is 0.795. The second-order valence-corrected chi connectivity index (χ2v) is 6.86. The molecule has 1 N–H and O–H groups in total. The van der Waals surface area contributed by atoms with Crippen LogP contribution in [-0.2, 0) is 13.0 Å². The van der Waals surface area contributed by atoms with E-state index in [1.807, 2.05) is 18.2 Å². The molecule has 0 unspecified atom stereocenters. The highest BCUT2D eigenvalue weighted by Gasteiger charge is 2.15. The van der Waals surface area contributed by atoms with E-state index in [9.17, 15) is 5.11 Å². The number of benzene rings is 2.